The minimum Gasteiger partial charge on any atom is -0.461 e. The van der Waals surface area contributed by atoms with Crippen LogP contribution in [0.25, 0.3) is 0 Å². The molecule has 0 aliphatic carbocycles. The fourth-order valence-corrected chi connectivity index (χ4v) is 3.72. The van der Waals surface area contributed by atoms with E-state index in [0.29, 0.717) is 25.8 Å². The molecule has 0 aromatic heterocycles. The Kier molecular flexibility index (Phi) is 11.7. The van der Waals surface area contributed by atoms with Gasteiger partial charge in [-0.15, -0.1) is 0 Å². The molecule has 0 fully saturated rings. The average molecular weight is 491 g/mol. The van der Waals surface area contributed by atoms with E-state index in [-0.39, 0.29) is 42.0 Å². The number of hydrogen-bond donors (Lipinski definition) is 3. The van der Waals surface area contributed by atoms with Crippen LogP contribution in [0.1, 0.15) is 79.7 Å². The highest BCUT2D eigenvalue weighted by Gasteiger charge is 2.30. The quantitative estimate of drug-likeness (QED) is 0.269. The third kappa shape index (κ3) is 12.4. The Morgan fingerprint density at radius 3 is 2.20 bits per heavy atom. The molecule has 1 unspecified atom stereocenters. The number of nitrogens with one attached hydrogen (secondary N) is 2. The summed E-state index contributed by atoms with van der Waals surface area (Å²) in [4.78, 5) is 48.9. The van der Waals surface area contributed by atoms with Gasteiger partial charge in [0.25, 0.3) is 0 Å². The normalized spacial score (nSPS) is 14.4. The van der Waals surface area contributed by atoms with Gasteiger partial charge in [0.15, 0.2) is 5.78 Å². The molecule has 0 spiro atoms. The SMILES string of the molecule is [2H]C(C)C(=O)OCc1ccc(CC(=O)[C@H](CCCNC(N)=O)NC(=O)[C@@H](CC(C)(C)C)C(C)C)cc1. The summed E-state index contributed by atoms with van der Waals surface area (Å²) in [5.74, 6) is -0.955. The average Bonchev–Trinajstić information content (AvgIpc) is 2.77. The van der Waals surface area contributed by atoms with Crippen molar-refractivity contribution in [3.63, 3.8) is 0 Å². The number of amides is 3. The van der Waals surface area contributed by atoms with Crippen molar-refractivity contribution in [3.8, 4) is 0 Å². The lowest BCUT2D eigenvalue weighted by Gasteiger charge is -2.29. The molecular weight excluding hydrogens is 446 g/mol. The van der Waals surface area contributed by atoms with Crippen molar-refractivity contribution in [2.75, 3.05) is 6.54 Å². The second-order valence-corrected chi connectivity index (χ2v) is 10.5. The Labute approximate surface area is 211 Å². The van der Waals surface area contributed by atoms with E-state index in [2.05, 4.69) is 31.4 Å². The number of ketones is 1. The molecule has 0 aliphatic rings. The lowest BCUT2D eigenvalue weighted by atomic mass is 9.79. The monoisotopic (exact) mass is 490 g/mol. The molecule has 0 radical (unpaired) electrons. The zero-order valence-corrected chi connectivity index (χ0v) is 22.0. The highest BCUT2D eigenvalue weighted by atomic mass is 16.5. The van der Waals surface area contributed by atoms with Gasteiger partial charge in [-0.2, -0.15) is 0 Å². The van der Waals surface area contributed by atoms with E-state index in [1.54, 1.807) is 24.3 Å². The van der Waals surface area contributed by atoms with Crippen molar-refractivity contribution in [2.24, 2.45) is 23.0 Å². The molecule has 1 aromatic carbocycles. The van der Waals surface area contributed by atoms with Gasteiger partial charge in [-0.1, -0.05) is 65.8 Å². The number of urea groups is 1. The van der Waals surface area contributed by atoms with E-state index >= 15 is 0 Å². The summed E-state index contributed by atoms with van der Waals surface area (Å²) in [5.41, 5.74) is 6.62. The van der Waals surface area contributed by atoms with Gasteiger partial charge in [0, 0.05) is 26.7 Å². The number of esters is 1. The maximum absolute atomic E-state index is 13.2. The first kappa shape index (κ1) is 28.3. The highest BCUT2D eigenvalue weighted by molar-refractivity contribution is 5.91. The molecule has 3 amide bonds. The van der Waals surface area contributed by atoms with Crippen molar-refractivity contribution in [2.45, 2.75) is 86.3 Å². The first-order valence-corrected chi connectivity index (χ1v) is 12.2. The van der Waals surface area contributed by atoms with Gasteiger partial charge in [-0.05, 0) is 41.7 Å². The number of carbonyl (C=O) groups is 4. The molecule has 0 bridgehead atoms. The molecule has 4 N–H and O–H groups in total. The second-order valence-electron chi connectivity index (χ2n) is 10.5. The molecule has 0 aliphatic heterocycles. The van der Waals surface area contributed by atoms with Crippen LogP contribution in [-0.2, 0) is 32.1 Å². The maximum Gasteiger partial charge on any atom is 0.312 e. The van der Waals surface area contributed by atoms with Gasteiger partial charge in [-0.25, -0.2) is 4.79 Å². The van der Waals surface area contributed by atoms with E-state index in [9.17, 15) is 19.2 Å². The number of Topliss-reactive ketones (excluding diaryl/α,β-unsaturated/α-hetero) is 1. The second kappa shape index (κ2) is 14.5. The standard InChI is InChI=1S/C27H43N3O5/c1-7-24(32)35-17-20-12-10-19(11-13-20)15-23(31)22(9-8-14-29-26(28)34)30-25(33)21(18(2)3)16-27(4,5)6/h10-13,18,21-22H,7-9,14-17H2,1-6H3,(H,30,33)(H3,28,29,34)/t21-,22-/m0/s1/i7D/t7?,21-,22-. The van der Waals surface area contributed by atoms with Crippen molar-refractivity contribution < 1.29 is 25.3 Å². The van der Waals surface area contributed by atoms with Crippen LogP contribution in [0.5, 0.6) is 0 Å². The third-order valence-corrected chi connectivity index (χ3v) is 5.67. The van der Waals surface area contributed by atoms with Crippen LogP contribution in [-0.4, -0.2) is 36.3 Å². The molecule has 35 heavy (non-hydrogen) atoms. The Morgan fingerprint density at radius 2 is 1.69 bits per heavy atom. The number of primary amides is 1. The van der Waals surface area contributed by atoms with Gasteiger partial charge < -0.3 is 21.1 Å². The van der Waals surface area contributed by atoms with Gasteiger partial charge in [-0.3, -0.25) is 14.4 Å². The summed E-state index contributed by atoms with van der Waals surface area (Å²) < 4.78 is 12.4. The van der Waals surface area contributed by atoms with Crippen LogP contribution in [0.4, 0.5) is 4.79 Å². The van der Waals surface area contributed by atoms with E-state index in [0.717, 1.165) is 11.1 Å². The number of hydrogen-bond acceptors (Lipinski definition) is 5. The third-order valence-electron chi connectivity index (χ3n) is 5.67. The number of benzene rings is 1. The summed E-state index contributed by atoms with van der Waals surface area (Å²) in [6.45, 7) is 12.1. The van der Waals surface area contributed by atoms with Crippen molar-refractivity contribution in [3.05, 3.63) is 35.4 Å². The lowest BCUT2D eigenvalue weighted by Crippen LogP contribution is -2.46. The fourth-order valence-electron chi connectivity index (χ4n) is 3.72. The molecule has 1 aromatic rings. The van der Waals surface area contributed by atoms with Crippen LogP contribution < -0.4 is 16.4 Å². The topological polar surface area (TPSA) is 128 Å². The van der Waals surface area contributed by atoms with Gasteiger partial charge in [0.05, 0.1) is 6.04 Å². The number of rotatable bonds is 14. The van der Waals surface area contributed by atoms with Gasteiger partial charge in [0.2, 0.25) is 5.91 Å². The minimum atomic E-state index is -0.939. The predicted molar refractivity (Wildman–Crippen MR) is 136 cm³/mol. The zero-order valence-electron chi connectivity index (χ0n) is 23.0. The maximum atomic E-state index is 13.2. The van der Waals surface area contributed by atoms with E-state index < -0.39 is 24.4 Å². The molecule has 3 atom stereocenters. The molecular formula is C27H43N3O5. The predicted octanol–water partition coefficient (Wildman–Crippen LogP) is 3.89. The fraction of sp³-hybridized carbons (Fsp3) is 0.630. The molecule has 8 nitrogen and oxygen atoms in total. The van der Waals surface area contributed by atoms with E-state index in [1.165, 1.54) is 6.92 Å². The van der Waals surface area contributed by atoms with Crippen LogP contribution in [0.15, 0.2) is 24.3 Å². The van der Waals surface area contributed by atoms with Crippen molar-refractivity contribution >= 4 is 23.7 Å². The summed E-state index contributed by atoms with van der Waals surface area (Å²) in [6.07, 6.45) is 0.759. The Hall–Kier alpha value is -2.90. The molecule has 8 heteroatoms. The Balaban J connectivity index is 2.89. The summed E-state index contributed by atoms with van der Waals surface area (Å²) in [7, 11) is 0. The van der Waals surface area contributed by atoms with Gasteiger partial charge in [0.1, 0.15) is 6.61 Å². The number of ether oxygens (including phenoxy) is 1. The van der Waals surface area contributed by atoms with Crippen molar-refractivity contribution in [1.82, 2.24) is 10.6 Å². The van der Waals surface area contributed by atoms with Crippen LogP contribution in [0, 0.1) is 17.3 Å². The molecule has 0 saturated carbocycles. The first-order valence-electron chi connectivity index (χ1n) is 12.8. The largest absolute Gasteiger partial charge is 0.461 e. The Morgan fingerprint density at radius 1 is 1.09 bits per heavy atom. The van der Waals surface area contributed by atoms with E-state index in [1.807, 2.05) is 13.8 Å². The van der Waals surface area contributed by atoms with Crippen LogP contribution in [0.3, 0.4) is 0 Å². The van der Waals surface area contributed by atoms with Crippen LogP contribution >= 0.6 is 0 Å². The minimum absolute atomic E-state index is 0.0357. The zero-order chi connectivity index (χ0) is 27.5. The molecule has 1 rings (SSSR count). The van der Waals surface area contributed by atoms with Crippen molar-refractivity contribution in [1.29, 1.82) is 0 Å². The van der Waals surface area contributed by atoms with E-state index in [4.69, 9.17) is 11.8 Å². The summed E-state index contributed by atoms with van der Waals surface area (Å²) in [6, 6.07) is 5.80. The molecule has 196 valence electrons. The number of carbonyl (C=O) groups excluding carboxylic acids is 4. The molecule has 0 saturated heterocycles. The number of nitrogens with two attached hydrogens (primary N) is 1. The summed E-state index contributed by atoms with van der Waals surface area (Å²) >= 11 is 0. The lowest BCUT2D eigenvalue weighted by molar-refractivity contribution is -0.144. The van der Waals surface area contributed by atoms with Crippen LogP contribution in [0.2, 0.25) is 0 Å². The van der Waals surface area contributed by atoms with Gasteiger partial charge >= 0.3 is 12.0 Å². The highest BCUT2D eigenvalue weighted by Crippen LogP contribution is 2.29. The molecule has 0 heterocycles. The first-order chi connectivity index (χ1) is 16.7. The Bertz CT molecular complexity index is 878. The smallest absolute Gasteiger partial charge is 0.312 e. The summed E-state index contributed by atoms with van der Waals surface area (Å²) in [5, 5.41) is 5.49.